The van der Waals surface area contributed by atoms with Crippen molar-refractivity contribution in [1.29, 1.82) is 0 Å². The van der Waals surface area contributed by atoms with Crippen LogP contribution in [0.3, 0.4) is 0 Å². The molecule has 1 atom stereocenters. The van der Waals surface area contributed by atoms with Gasteiger partial charge in [0.15, 0.2) is 6.10 Å². The first-order valence-electron chi connectivity index (χ1n) is 6.24. The van der Waals surface area contributed by atoms with Gasteiger partial charge in [-0.2, -0.15) is 0 Å². The molecular formula is C15H14BrFN2O2. The van der Waals surface area contributed by atoms with Crippen LogP contribution in [0.4, 0.5) is 15.8 Å². The number of nitrogen functional groups attached to an aromatic ring is 1. The molecule has 0 aromatic heterocycles. The Labute approximate surface area is 130 Å². The van der Waals surface area contributed by atoms with Gasteiger partial charge < -0.3 is 15.8 Å². The lowest BCUT2D eigenvalue weighted by Crippen LogP contribution is -2.30. The molecule has 2 rings (SSSR count). The lowest BCUT2D eigenvalue weighted by molar-refractivity contribution is -0.122. The molecule has 0 aliphatic carbocycles. The third-order valence-electron chi connectivity index (χ3n) is 2.73. The number of ether oxygens (including phenoxy) is 1. The predicted octanol–water partition coefficient (Wildman–Crippen LogP) is 3.58. The number of hydrogen-bond donors (Lipinski definition) is 2. The van der Waals surface area contributed by atoms with E-state index in [1.165, 1.54) is 12.1 Å². The van der Waals surface area contributed by atoms with Crippen LogP contribution < -0.4 is 15.8 Å². The van der Waals surface area contributed by atoms with Crippen LogP contribution in [0.2, 0.25) is 0 Å². The molecule has 21 heavy (non-hydrogen) atoms. The van der Waals surface area contributed by atoms with Crippen LogP contribution in [0.5, 0.6) is 5.75 Å². The number of amides is 1. The number of benzene rings is 2. The maximum absolute atomic E-state index is 13.4. The maximum Gasteiger partial charge on any atom is 0.265 e. The summed E-state index contributed by atoms with van der Waals surface area (Å²) in [5.41, 5.74) is 6.77. The number of halogens is 2. The van der Waals surface area contributed by atoms with Crippen molar-refractivity contribution >= 4 is 33.2 Å². The quantitative estimate of drug-likeness (QED) is 0.826. The molecule has 0 heterocycles. The van der Waals surface area contributed by atoms with Gasteiger partial charge in [0.05, 0.1) is 4.47 Å². The Hall–Kier alpha value is -2.08. The molecular weight excluding hydrogens is 339 g/mol. The molecule has 0 radical (unpaired) electrons. The minimum atomic E-state index is -0.771. The van der Waals surface area contributed by atoms with E-state index in [-0.39, 0.29) is 11.7 Å². The van der Waals surface area contributed by atoms with E-state index in [2.05, 4.69) is 21.2 Å². The number of nitrogens with two attached hydrogens (primary N) is 1. The Morgan fingerprint density at radius 1 is 1.33 bits per heavy atom. The van der Waals surface area contributed by atoms with Crippen LogP contribution in [0.25, 0.3) is 0 Å². The van der Waals surface area contributed by atoms with E-state index in [9.17, 15) is 9.18 Å². The maximum atomic E-state index is 13.4. The topological polar surface area (TPSA) is 64.3 Å². The zero-order valence-corrected chi connectivity index (χ0v) is 12.9. The zero-order valence-electron chi connectivity index (χ0n) is 11.3. The monoisotopic (exact) mass is 352 g/mol. The summed E-state index contributed by atoms with van der Waals surface area (Å²) in [6.07, 6.45) is -0.771. The molecule has 3 N–H and O–H groups in total. The Bertz CT molecular complexity index is 664. The van der Waals surface area contributed by atoms with Gasteiger partial charge in [0, 0.05) is 17.4 Å². The lowest BCUT2D eigenvalue weighted by Gasteiger charge is -2.15. The molecule has 1 unspecified atom stereocenters. The number of anilines is 2. The molecule has 1 amide bonds. The van der Waals surface area contributed by atoms with Crippen molar-refractivity contribution in [2.75, 3.05) is 11.1 Å². The van der Waals surface area contributed by atoms with Crippen LogP contribution in [-0.2, 0) is 4.79 Å². The molecule has 0 bridgehead atoms. The summed E-state index contributed by atoms with van der Waals surface area (Å²) in [6, 6.07) is 11.1. The highest BCUT2D eigenvalue weighted by molar-refractivity contribution is 9.10. The fraction of sp³-hybridized carbons (Fsp3) is 0.133. The number of carbonyl (C=O) groups excluding carboxylic acids is 1. The van der Waals surface area contributed by atoms with E-state index in [1.54, 1.807) is 37.3 Å². The highest BCUT2D eigenvalue weighted by atomic mass is 79.9. The summed E-state index contributed by atoms with van der Waals surface area (Å²) in [5.74, 6) is -0.509. The first kappa shape index (κ1) is 15.3. The third kappa shape index (κ3) is 4.19. The lowest BCUT2D eigenvalue weighted by atomic mass is 10.2. The summed E-state index contributed by atoms with van der Waals surface area (Å²) < 4.78 is 19.1. The Morgan fingerprint density at radius 3 is 2.76 bits per heavy atom. The van der Waals surface area contributed by atoms with Gasteiger partial charge >= 0.3 is 0 Å². The van der Waals surface area contributed by atoms with Crippen LogP contribution in [0.1, 0.15) is 6.92 Å². The Morgan fingerprint density at radius 2 is 2.10 bits per heavy atom. The molecule has 0 aliphatic heterocycles. The highest BCUT2D eigenvalue weighted by Crippen LogP contribution is 2.22. The first-order chi connectivity index (χ1) is 9.95. The van der Waals surface area contributed by atoms with Crippen molar-refractivity contribution in [2.24, 2.45) is 0 Å². The van der Waals surface area contributed by atoms with Crippen molar-refractivity contribution in [3.05, 3.63) is 52.8 Å². The van der Waals surface area contributed by atoms with Crippen LogP contribution >= 0.6 is 15.9 Å². The van der Waals surface area contributed by atoms with Crippen molar-refractivity contribution < 1.29 is 13.9 Å². The Balaban J connectivity index is 2.00. The van der Waals surface area contributed by atoms with E-state index in [4.69, 9.17) is 10.5 Å². The molecule has 0 aliphatic rings. The summed E-state index contributed by atoms with van der Waals surface area (Å²) in [5, 5.41) is 2.68. The molecule has 0 fully saturated rings. The van der Waals surface area contributed by atoms with E-state index in [0.29, 0.717) is 15.8 Å². The molecule has 0 saturated carbocycles. The highest BCUT2D eigenvalue weighted by Gasteiger charge is 2.15. The number of rotatable bonds is 4. The van der Waals surface area contributed by atoms with Crippen molar-refractivity contribution in [3.8, 4) is 5.75 Å². The van der Waals surface area contributed by atoms with E-state index >= 15 is 0 Å². The van der Waals surface area contributed by atoms with Crippen LogP contribution in [0, 0.1) is 5.82 Å². The largest absolute Gasteiger partial charge is 0.481 e. The molecule has 4 nitrogen and oxygen atoms in total. The van der Waals surface area contributed by atoms with Crippen LogP contribution in [-0.4, -0.2) is 12.0 Å². The second kappa shape index (κ2) is 6.58. The van der Waals surface area contributed by atoms with Gasteiger partial charge in [0.25, 0.3) is 5.91 Å². The number of hydrogen-bond acceptors (Lipinski definition) is 3. The molecule has 6 heteroatoms. The molecule has 0 saturated heterocycles. The second-order valence-corrected chi connectivity index (χ2v) is 5.31. The summed E-state index contributed by atoms with van der Waals surface area (Å²) in [4.78, 5) is 12.0. The molecule has 0 spiro atoms. The van der Waals surface area contributed by atoms with E-state index in [1.807, 2.05) is 0 Å². The van der Waals surface area contributed by atoms with Gasteiger partial charge in [0.2, 0.25) is 0 Å². The van der Waals surface area contributed by atoms with E-state index in [0.717, 1.165) is 0 Å². The average Bonchev–Trinajstić information content (AvgIpc) is 2.43. The van der Waals surface area contributed by atoms with Crippen molar-refractivity contribution in [1.82, 2.24) is 0 Å². The molecule has 2 aromatic carbocycles. The van der Waals surface area contributed by atoms with Gasteiger partial charge in [-0.15, -0.1) is 0 Å². The van der Waals surface area contributed by atoms with Crippen LogP contribution in [0.15, 0.2) is 46.9 Å². The average molecular weight is 353 g/mol. The molecule has 110 valence electrons. The van der Waals surface area contributed by atoms with Gasteiger partial charge in [-0.05, 0) is 53.2 Å². The van der Waals surface area contributed by atoms with E-state index < -0.39 is 11.9 Å². The normalized spacial score (nSPS) is 11.8. The minimum Gasteiger partial charge on any atom is -0.481 e. The van der Waals surface area contributed by atoms with Gasteiger partial charge in [0.1, 0.15) is 11.6 Å². The second-order valence-electron chi connectivity index (χ2n) is 4.45. The summed E-state index contributed by atoms with van der Waals surface area (Å²) >= 11 is 3.05. The molecule has 2 aromatic rings. The van der Waals surface area contributed by atoms with Gasteiger partial charge in [-0.3, -0.25) is 4.79 Å². The fourth-order valence-corrected chi connectivity index (χ4v) is 1.91. The van der Waals surface area contributed by atoms with Gasteiger partial charge in [-0.25, -0.2) is 4.39 Å². The number of nitrogens with one attached hydrogen (secondary N) is 1. The van der Waals surface area contributed by atoms with Crippen molar-refractivity contribution in [2.45, 2.75) is 13.0 Å². The van der Waals surface area contributed by atoms with Gasteiger partial charge in [-0.1, -0.05) is 6.07 Å². The Kier molecular flexibility index (Phi) is 4.80. The van der Waals surface area contributed by atoms with Crippen molar-refractivity contribution in [3.63, 3.8) is 0 Å². The summed E-state index contributed by atoms with van der Waals surface area (Å²) in [7, 11) is 0. The summed E-state index contributed by atoms with van der Waals surface area (Å²) in [6.45, 7) is 1.58. The standard InChI is InChI=1S/C15H14BrFN2O2/c1-9(21-12-5-6-13(16)14(17)8-12)15(20)19-11-4-2-3-10(18)7-11/h2-9H,18H2,1H3,(H,19,20). The predicted molar refractivity (Wildman–Crippen MR) is 83.7 cm³/mol. The SMILES string of the molecule is CC(Oc1ccc(Br)c(F)c1)C(=O)Nc1cccc(N)c1. The minimum absolute atomic E-state index is 0.283. The number of carbonyl (C=O) groups is 1. The zero-order chi connectivity index (χ0) is 15.4. The third-order valence-corrected chi connectivity index (χ3v) is 3.37. The smallest absolute Gasteiger partial charge is 0.265 e. The fourth-order valence-electron chi connectivity index (χ4n) is 1.67. The first-order valence-corrected chi connectivity index (χ1v) is 7.03.